The second-order valence-electron chi connectivity index (χ2n) is 7.30. The highest BCUT2D eigenvalue weighted by atomic mass is 35.5. The molecule has 2 aromatic carbocycles. The molecule has 1 fully saturated rings. The van der Waals surface area contributed by atoms with Gasteiger partial charge in [0.15, 0.2) is 15.0 Å². The molecular weight excluding hydrogens is 435 g/mol. The molecule has 8 heteroatoms. The number of thioether (sulfide) groups is 1. The molecule has 2 aromatic rings. The molecule has 0 aromatic heterocycles. The van der Waals surface area contributed by atoms with Crippen molar-refractivity contribution in [3.63, 3.8) is 0 Å². The van der Waals surface area contributed by atoms with E-state index in [4.69, 9.17) is 28.2 Å². The summed E-state index contributed by atoms with van der Waals surface area (Å²) in [5.41, 5.74) is 4.43. The molecule has 0 bridgehead atoms. The van der Waals surface area contributed by atoms with Crippen LogP contribution in [0.4, 0.5) is 5.69 Å². The first-order valence-electron chi connectivity index (χ1n) is 8.95. The molecule has 0 aliphatic carbocycles. The van der Waals surface area contributed by atoms with Crippen molar-refractivity contribution in [3.05, 3.63) is 63.1 Å². The molecule has 0 N–H and O–H groups in total. The van der Waals surface area contributed by atoms with E-state index >= 15 is 0 Å². The number of nitrogens with zero attached hydrogens (tertiary/aromatic N) is 2. The van der Waals surface area contributed by atoms with Gasteiger partial charge in [-0.3, -0.25) is 4.99 Å². The smallest absolute Gasteiger partial charge is 0.164 e. The van der Waals surface area contributed by atoms with Crippen molar-refractivity contribution in [2.75, 3.05) is 16.4 Å². The molecule has 4 nitrogen and oxygen atoms in total. The first-order valence-corrected chi connectivity index (χ1v) is 12.5. The second-order valence-corrected chi connectivity index (χ2v) is 11.2. The van der Waals surface area contributed by atoms with Crippen molar-refractivity contribution < 1.29 is 8.42 Å². The predicted molar refractivity (Wildman–Crippen MR) is 120 cm³/mol. The summed E-state index contributed by atoms with van der Waals surface area (Å²) >= 11 is 13.7. The zero-order valence-electron chi connectivity index (χ0n) is 15.5. The van der Waals surface area contributed by atoms with Crippen molar-refractivity contribution >= 4 is 55.7 Å². The van der Waals surface area contributed by atoms with E-state index in [1.807, 2.05) is 18.2 Å². The maximum atomic E-state index is 12.2. The molecule has 2 aliphatic heterocycles. The summed E-state index contributed by atoms with van der Waals surface area (Å²) in [4.78, 5) is 6.88. The minimum Gasteiger partial charge on any atom is -0.315 e. The van der Waals surface area contributed by atoms with Gasteiger partial charge < -0.3 is 4.90 Å². The van der Waals surface area contributed by atoms with E-state index in [0.717, 1.165) is 16.4 Å². The summed E-state index contributed by atoms with van der Waals surface area (Å²) in [6.45, 7) is 4.14. The molecule has 28 heavy (non-hydrogen) atoms. The maximum Gasteiger partial charge on any atom is 0.164 e. The van der Waals surface area contributed by atoms with Gasteiger partial charge in [-0.05, 0) is 54.8 Å². The predicted octanol–water partition coefficient (Wildman–Crippen LogP) is 4.89. The Morgan fingerprint density at radius 2 is 1.86 bits per heavy atom. The van der Waals surface area contributed by atoms with Crippen LogP contribution < -0.4 is 4.90 Å². The summed E-state index contributed by atoms with van der Waals surface area (Å²) in [5, 5.41) is 1.92. The van der Waals surface area contributed by atoms with Crippen LogP contribution >= 0.6 is 35.0 Å². The highest BCUT2D eigenvalue weighted by Gasteiger charge is 2.47. The number of fused-ring (bicyclic) bond motifs is 1. The van der Waals surface area contributed by atoms with Gasteiger partial charge in [-0.25, -0.2) is 8.42 Å². The highest BCUT2D eigenvalue weighted by molar-refractivity contribution is 8.13. The number of hydrogen-bond acceptors (Lipinski definition) is 5. The zero-order chi connectivity index (χ0) is 20.1. The second kappa shape index (κ2) is 7.56. The summed E-state index contributed by atoms with van der Waals surface area (Å²) < 4.78 is 24.3. The third-order valence-electron chi connectivity index (χ3n) is 5.23. The Labute approximate surface area is 179 Å². The number of sulfone groups is 1. The van der Waals surface area contributed by atoms with Crippen LogP contribution in [-0.4, -0.2) is 37.2 Å². The maximum absolute atomic E-state index is 12.2. The molecule has 0 saturated carbocycles. The molecule has 1 saturated heterocycles. The SMILES string of the molecule is Cc1ccc(N2C(SCc3ccc(Cl)c(Cl)c3)=N[C@@H]3CS(=O)(=O)C[C@@H]32)cc1C. The van der Waals surface area contributed by atoms with Crippen LogP contribution in [0.3, 0.4) is 0 Å². The Balaban J connectivity index is 1.63. The minimum absolute atomic E-state index is 0.121. The number of hydrogen-bond donors (Lipinski definition) is 0. The van der Waals surface area contributed by atoms with E-state index in [1.54, 1.807) is 17.8 Å². The normalized spacial score (nSPS) is 23.0. The number of anilines is 1. The quantitative estimate of drug-likeness (QED) is 0.662. The van der Waals surface area contributed by atoms with Gasteiger partial charge in [0, 0.05) is 11.4 Å². The topological polar surface area (TPSA) is 49.7 Å². The van der Waals surface area contributed by atoms with Gasteiger partial charge >= 0.3 is 0 Å². The summed E-state index contributed by atoms with van der Waals surface area (Å²) in [7, 11) is -3.06. The van der Waals surface area contributed by atoms with Gasteiger partial charge in [-0.1, -0.05) is 47.1 Å². The number of benzene rings is 2. The standard InChI is InChI=1S/C20H20Cl2N2O2S2/c1-12-3-5-15(7-13(12)2)24-19-11-28(25,26)10-18(19)23-20(24)27-9-14-4-6-16(21)17(22)8-14/h3-8,18-19H,9-11H2,1-2H3/t18-,19+/m1/s1. The number of rotatable bonds is 3. The lowest BCUT2D eigenvalue weighted by atomic mass is 10.1. The van der Waals surface area contributed by atoms with Gasteiger partial charge in [0.05, 0.1) is 33.6 Å². The van der Waals surface area contributed by atoms with Crippen molar-refractivity contribution in [3.8, 4) is 0 Å². The van der Waals surface area contributed by atoms with Gasteiger partial charge in [-0.2, -0.15) is 0 Å². The first-order chi connectivity index (χ1) is 13.2. The molecule has 2 heterocycles. The zero-order valence-corrected chi connectivity index (χ0v) is 18.7. The van der Waals surface area contributed by atoms with E-state index < -0.39 is 9.84 Å². The first kappa shape index (κ1) is 20.1. The van der Waals surface area contributed by atoms with Crippen LogP contribution in [0.1, 0.15) is 16.7 Å². The van der Waals surface area contributed by atoms with Gasteiger partial charge in [0.1, 0.15) is 0 Å². The highest BCUT2D eigenvalue weighted by Crippen LogP contribution is 2.37. The van der Waals surface area contributed by atoms with Crippen LogP contribution in [0.15, 0.2) is 41.4 Å². The Kier molecular flexibility index (Phi) is 5.42. The van der Waals surface area contributed by atoms with E-state index in [2.05, 4.69) is 30.9 Å². The molecule has 0 spiro atoms. The molecule has 0 unspecified atom stereocenters. The lowest BCUT2D eigenvalue weighted by Crippen LogP contribution is -2.39. The van der Waals surface area contributed by atoms with E-state index in [0.29, 0.717) is 15.8 Å². The molecule has 148 valence electrons. The van der Waals surface area contributed by atoms with Crippen LogP contribution in [0, 0.1) is 13.8 Å². The summed E-state index contributed by atoms with van der Waals surface area (Å²) in [6, 6.07) is 11.5. The number of aliphatic imine (C=N–C) groups is 1. The monoisotopic (exact) mass is 454 g/mol. The number of amidine groups is 1. The largest absolute Gasteiger partial charge is 0.315 e. The third kappa shape index (κ3) is 3.92. The Morgan fingerprint density at radius 3 is 2.57 bits per heavy atom. The molecule has 4 rings (SSSR count). The van der Waals surface area contributed by atoms with Crippen molar-refractivity contribution in [1.29, 1.82) is 0 Å². The fraction of sp³-hybridized carbons (Fsp3) is 0.350. The average Bonchev–Trinajstić information content (AvgIpc) is 3.09. The lowest BCUT2D eigenvalue weighted by molar-refractivity contribution is 0.601. The average molecular weight is 455 g/mol. The fourth-order valence-corrected chi connectivity index (χ4v) is 6.82. The third-order valence-corrected chi connectivity index (χ3v) is 8.70. The van der Waals surface area contributed by atoms with Crippen LogP contribution in [-0.2, 0) is 15.6 Å². The Hall–Kier alpha value is -1.21. The molecular formula is C20H20Cl2N2O2S2. The van der Waals surface area contributed by atoms with Crippen molar-refractivity contribution in [1.82, 2.24) is 0 Å². The fourth-order valence-electron chi connectivity index (χ4n) is 3.59. The van der Waals surface area contributed by atoms with Gasteiger partial charge in [0.25, 0.3) is 0 Å². The molecule has 0 radical (unpaired) electrons. The lowest BCUT2D eigenvalue weighted by Gasteiger charge is -2.27. The Bertz CT molecular complexity index is 1070. The molecule has 2 aliphatic rings. The van der Waals surface area contributed by atoms with E-state index in [9.17, 15) is 8.42 Å². The van der Waals surface area contributed by atoms with Crippen molar-refractivity contribution in [2.24, 2.45) is 4.99 Å². The van der Waals surface area contributed by atoms with E-state index in [-0.39, 0.29) is 23.6 Å². The molecule has 0 amide bonds. The minimum atomic E-state index is -3.06. The van der Waals surface area contributed by atoms with Gasteiger partial charge in [-0.15, -0.1) is 0 Å². The van der Waals surface area contributed by atoms with Crippen LogP contribution in [0.25, 0.3) is 0 Å². The molecule has 2 atom stereocenters. The summed E-state index contributed by atoms with van der Waals surface area (Å²) in [6.07, 6.45) is 0. The van der Waals surface area contributed by atoms with E-state index in [1.165, 1.54) is 11.1 Å². The number of aryl methyl sites for hydroxylation is 2. The number of halogens is 2. The summed E-state index contributed by atoms with van der Waals surface area (Å²) in [5.74, 6) is 0.948. The Morgan fingerprint density at radius 1 is 1.07 bits per heavy atom. The van der Waals surface area contributed by atoms with Crippen LogP contribution in [0.5, 0.6) is 0 Å². The van der Waals surface area contributed by atoms with Crippen LogP contribution in [0.2, 0.25) is 10.0 Å². The van der Waals surface area contributed by atoms with Gasteiger partial charge in [0.2, 0.25) is 0 Å². The van der Waals surface area contributed by atoms with Crippen molar-refractivity contribution in [2.45, 2.75) is 31.7 Å².